The molecule has 19 heavy (non-hydrogen) atoms. The molecule has 1 amide bonds. The lowest BCUT2D eigenvalue weighted by molar-refractivity contribution is -0.122. The lowest BCUT2D eigenvalue weighted by Crippen LogP contribution is -2.58. The fraction of sp³-hybridized carbons (Fsp3) is 0.462. The van der Waals surface area contributed by atoms with Crippen LogP contribution < -0.4 is 15.5 Å². The van der Waals surface area contributed by atoms with Crippen molar-refractivity contribution in [3.8, 4) is 6.07 Å². The molecule has 0 spiro atoms. The van der Waals surface area contributed by atoms with Crippen LogP contribution in [0.2, 0.25) is 0 Å². The van der Waals surface area contributed by atoms with Crippen LogP contribution in [0, 0.1) is 18.3 Å². The Kier molecular flexibility index (Phi) is 3.97. The highest BCUT2D eigenvalue weighted by molar-refractivity contribution is 5.85. The predicted molar refractivity (Wildman–Crippen MR) is 71.8 cm³/mol. The zero-order valence-electron chi connectivity index (χ0n) is 11.1. The Hall–Kier alpha value is -2.13. The number of piperazine rings is 1. The quantitative estimate of drug-likeness (QED) is 0.768. The number of rotatable bonds is 2. The highest BCUT2D eigenvalue weighted by Gasteiger charge is 2.30. The minimum atomic E-state index is -0.333. The van der Waals surface area contributed by atoms with E-state index in [-0.39, 0.29) is 11.9 Å². The van der Waals surface area contributed by atoms with Crippen molar-refractivity contribution in [2.45, 2.75) is 13.0 Å². The fourth-order valence-corrected chi connectivity index (χ4v) is 2.26. The van der Waals surface area contributed by atoms with E-state index in [0.29, 0.717) is 24.5 Å². The zero-order valence-corrected chi connectivity index (χ0v) is 11.1. The maximum absolute atomic E-state index is 11.9. The summed E-state index contributed by atoms with van der Waals surface area (Å²) in [6.07, 6.45) is 1.68. The molecule has 1 aromatic heterocycles. The lowest BCUT2D eigenvalue weighted by Gasteiger charge is -2.36. The van der Waals surface area contributed by atoms with Gasteiger partial charge in [0.2, 0.25) is 5.91 Å². The van der Waals surface area contributed by atoms with Crippen molar-refractivity contribution in [1.29, 1.82) is 5.26 Å². The smallest absolute Gasteiger partial charge is 0.243 e. The number of nitrogens with one attached hydrogen (secondary N) is 2. The van der Waals surface area contributed by atoms with Gasteiger partial charge in [0.05, 0.1) is 5.56 Å². The molecule has 0 bridgehead atoms. The number of carbonyl (C=O) groups excluding carboxylic acids is 1. The molecule has 100 valence electrons. The van der Waals surface area contributed by atoms with Gasteiger partial charge in [-0.1, -0.05) is 0 Å². The van der Waals surface area contributed by atoms with E-state index in [0.717, 1.165) is 12.1 Å². The minimum Gasteiger partial charge on any atom is -0.357 e. The molecule has 1 atom stereocenters. The number of nitrogens with zero attached hydrogens (tertiary/aromatic N) is 3. The maximum Gasteiger partial charge on any atom is 0.243 e. The number of amides is 1. The number of carbonyl (C=O) groups is 1. The van der Waals surface area contributed by atoms with E-state index < -0.39 is 0 Å². The number of pyridine rings is 1. The fourth-order valence-electron chi connectivity index (χ4n) is 2.26. The standard InChI is InChI=1S/C13H17N5O/c1-9-3-4-17-12(10(9)7-14)18-6-5-16-8-11(18)13(19)15-2/h3-4,11,16H,5-6,8H2,1-2H3,(H,15,19). The monoisotopic (exact) mass is 259 g/mol. The number of likely N-dealkylation sites (N-methyl/N-ethyl adjacent to an activating group) is 1. The van der Waals surface area contributed by atoms with E-state index >= 15 is 0 Å². The average Bonchev–Trinajstić information content (AvgIpc) is 2.46. The SMILES string of the molecule is CNC(=O)C1CNCCN1c1nccc(C)c1C#N. The van der Waals surface area contributed by atoms with E-state index in [2.05, 4.69) is 21.7 Å². The Balaban J connectivity index is 2.41. The second-order valence-electron chi connectivity index (χ2n) is 4.47. The molecule has 1 unspecified atom stereocenters. The first-order chi connectivity index (χ1) is 9.19. The van der Waals surface area contributed by atoms with E-state index in [1.165, 1.54) is 0 Å². The Labute approximate surface area is 112 Å². The van der Waals surface area contributed by atoms with Crippen LogP contribution in [0.15, 0.2) is 12.3 Å². The van der Waals surface area contributed by atoms with Gasteiger partial charge < -0.3 is 15.5 Å². The molecule has 1 aromatic rings. The molecule has 6 heteroatoms. The number of hydrogen-bond donors (Lipinski definition) is 2. The van der Waals surface area contributed by atoms with E-state index in [4.69, 9.17) is 0 Å². The molecule has 1 aliphatic rings. The number of hydrogen-bond acceptors (Lipinski definition) is 5. The summed E-state index contributed by atoms with van der Waals surface area (Å²) in [5.74, 6) is 0.525. The van der Waals surface area contributed by atoms with Gasteiger partial charge in [0.1, 0.15) is 17.9 Å². The number of nitriles is 1. The van der Waals surface area contributed by atoms with Crippen LogP contribution in [-0.4, -0.2) is 43.6 Å². The highest BCUT2D eigenvalue weighted by Crippen LogP contribution is 2.22. The molecule has 2 N–H and O–H groups in total. The van der Waals surface area contributed by atoms with E-state index in [1.807, 2.05) is 11.8 Å². The van der Waals surface area contributed by atoms with Crippen LogP contribution in [-0.2, 0) is 4.79 Å². The molecule has 2 rings (SSSR count). The summed E-state index contributed by atoms with van der Waals surface area (Å²) in [6.45, 7) is 3.86. The number of aromatic nitrogens is 1. The van der Waals surface area contributed by atoms with Gasteiger partial charge in [-0.3, -0.25) is 4.79 Å². The molecule has 0 saturated carbocycles. The lowest BCUT2D eigenvalue weighted by atomic mass is 10.1. The number of anilines is 1. The van der Waals surface area contributed by atoms with Gasteiger partial charge in [-0.05, 0) is 18.6 Å². The van der Waals surface area contributed by atoms with Gasteiger partial charge in [-0.2, -0.15) is 5.26 Å². The third-order valence-corrected chi connectivity index (χ3v) is 3.32. The third kappa shape index (κ3) is 2.51. The van der Waals surface area contributed by atoms with Crippen LogP contribution >= 0.6 is 0 Å². The van der Waals surface area contributed by atoms with Crippen molar-refractivity contribution in [2.75, 3.05) is 31.6 Å². The molecular formula is C13H17N5O. The van der Waals surface area contributed by atoms with Gasteiger partial charge in [0, 0.05) is 32.9 Å². The summed E-state index contributed by atoms with van der Waals surface area (Å²) in [5.41, 5.74) is 1.42. The molecule has 0 aliphatic carbocycles. The third-order valence-electron chi connectivity index (χ3n) is 3.32. The Bertz CT molecular complexity index is 522. The van der Waals surface area contributed by atoms with Crippen molar-refractivity contribution < 1.29 is 4.79 Å². The second-order valence-corrected chi connectivity index (χ2v) is 4.47. The Morgan fingerprint density at radius 3 is 3.16 bits per heavy atom. The Morgan fingerprint density at radius 1 is 1.68 bits per heavy atom. The number of aryl methyl sites for hydroxylation is 1. The van der Waals surface area contributed by atoms with E-state index in [1.54, 1.807) is 19.3 Å². The van der Waals surface area contributed by atoms with Gasteiger partial charge >= 0.3 is 0 Å². The van der Waals surface area contributed by atoms with Crippen LogP contribution in [0.25, 0.3) is 0 Å². The molecule has 0 aromatic carbocycles. The maximum atomic E-state index is 11.9. The first kappa shape index (κ1) is 13.3. The first-order valence-corrected chi connectivity index (χ1v) is 6.23. The predicted octanol–water partition coefficient (Wildman–Crippen LogP) is -0.214. The van der Waals surface area contributed by atoms with Crippen molar-refractivity contribution in [2.24, 2.45) is 0 Å². The van der Waals surface area contributed by atoms with Gasteiger partial charge in [-0.15, -0.1) is 0 Å². The largest absolute Gasteiger partial charge is 0.357 e. The Morgan fingerprint density at radius 2 is 2.47 bits per heavy atom. The van der Waals surface area contributed by atoms with Crippen molar-refractivity contribution in [3.05, 3.63) is 23.4 Å². The van der Waals surface area contributed by atoms with Crippen LogP contribution in [0.5, 0.6) is 0 Å². The minimum absolute atomic E-state index is 0.0700. The van der Waals surface area contributed by atoms with Crippen molar-refractivity contribution in [1.82, 2.24) is 15.6 Å². The normalized spacial score (nSPS) is 18.8. The summed E-state index contributed by atoms with van der Waals surface area (Å²) in [6, 6.07) is 3.65. The zero-order chi connectivity index (χ0) is 13.8. The van der Waals surface area contributed by atoms with Crippen LogP contribution in [0.1, 0.15) is 11.1 Å². The summed E-state index contributed by atoms with van der Waals surface area (Å²) in [4.78, 5) is 18.1. The molecule has 1 fully saturated rings. The summed E-state index contributed by atoms with van der Waals surface area (Å²) in [7, 11) is 1.62. The molecular weight excluding hydrogens is 242 g/mol. The van der Waals surface area contributed by atoms with Gasteiger partial charge in [0.25, 0.3) is 0 Å². The van der Waals surface area contributed by atoms with Gasteiger partial charge in [-0.25, -0.2) is 4.98 Å². The van der Waals surface area contributed by atoms with Crippen molar-refractivity contribution in [3.63, 3.8) is 0 Å². The summed E-state index contributed by atoms with van der Waals surface area (Å²) >= 11 is 0. The molecule has 6 nitrogen and oxygen atoms in total. The molecule has 1 aliphatic heterocycles. The van der Waals surface area contributed by atoms with E-state index in [9.17, 15) is 10.1 Å². The molecule has 2 heterocycles. The average molecular weight is 259 g/mol. The molecule has 1 saturated heterocycles. The van der Waals surface area contributed by atoms with Gasteiger partial charge in [0.15, 0.2) is 0 Å². The highest BCUT2D eigenvalue weighted by atomic mass is 16.2. The molecule has 0 radical (unpaired) electrons. The van der Waals surface area contributed by atoms with Crippen LogP contribution in [0.4, 0.5) is 5.82 Å². The second kappa shape index (κ2) is 5.67. The van der Waals surface area contributed by atoms with Crippen molar-refractivity contribution >= 4 is 11.7 Å². The summed E-state index contributed by atoms with van der Waals surface area (Å²) in [5, 5.41) is 15.1. The summed E-state index contributed by atoms with van der Waals surface area (Å²) < 4.78 is 0. The first-order valence-electron chi connectivity index (χ1n) is 6.23. The van der Waals surface area contributed by atoms with Crippen LogP contribution in [0.3, 0.4) is 0 Å². The topological polar surface area (TPSA) is 81.1 Å².